The van der Waals surface area contributed by atoms with E-state index in [2.05, 4.69) is 14.8 Å². The van der Waals surface area contributed by atoms with Crippen molar-refractivity contribution in [1.29, 1.82) is 0 Å². The van der Waals surface area contributed by atoms with Gasteiger partial charge in [-0.2, -0.15) is 11.3 Å². The summed E-state index contributed by atoms with van der Waals surface area (Å²) in [5.41, 5.74) is 2.84. The summed E-state index contributed by atoms with van der Waals surface area (Å²) in [4.78, 5) is 2.43. The van der Waals surface area contributed by atoms with Crippen LogP contribution in [0.25, 0.3) is 11.0 Å². The molecule has 31 heavy (non-hydrogen) atoms. The Kier molecular flexibility index (Phi) is 6.35. The first-order chi connectivity index (χ1) is 14.9. The quantitative estimate of drug-likeness (QED) is 0.386. The highest BCUT2D eigenvalue weighted by Gasteiger charge is 2.15. The van der Waals surface area contributed by atoms with Gasteiger partial charge in [-0.25, -0.2) is 12.8 Å². The molecule has 0 bridgehead atoms. The fourth-order valence-electron chi connectivity index (χ4n) is 3.40. The first-order valence-corrected chi connectivity index (χ1v) is 12.2. The summed E-state index contributed by atoms with van der Waals surface area (Å²) in [6, 6.07) is 13.4. The van der Waals surface area contributed by atoms with Crippen molar-refractivity contribution in [2.75, 3.05) is 18.3 Å². The van der Waals surface area contributed by atoms with E-state index in [-0.39, 0.29) is 10.7 Å². The summed E-state index contributed by atoms with van der Waals surface area (Å²) in [7, 11) is -1.56. The highest BCUT2D eigenvalue weighted by molar-refractivity contribution is 7.92. The Morgan fingerprint density at radius 1 is 1.19 bits per heavy atom. The molecule has 4 aromatic rings. The van der Waals surface area contributed by atoms with E-state index in [1.54, 1.807) is 29.0 Å². The van der Waals surface area contributed by atoms with Gasteiger partial charge >= 0.3 is 0 Å². The SMILES string of the molecule is CN(CCCc1noc2cc(F)ccc12)Cc1cccc(NS(=O)(=O)c2ccsc2)c1. The molecule has 0 aliphatic carbocycles. The van der Waals surface area contributed by atoms with Gasteiger partial charge in [0.1, 0.15) is 5.82 Å². The first-order valence-electron chi connectivity index (χ1n) is 9.77. The fourth-order valence-corrected chi connectivity index (χ4v) is 5.48. The molecule has 0 unspecified atom stereocenters. The predicted molar refractivity (Wildman–Crippen MR) is 120 cm³/mol. The van der Waals surface area contributed by atoms with Crippen LogP contribution in [0.4, 0.5) is 10.1 Å². The van der Waals surface area contributed by atoms with Gasteiger partial charge in [0.2, 0.25) is 0 Å². The molecule has 0 fully saturated rings. The van der Waals surface area contributed by atoms with Gasteiger partial charge in [0.05, 0.1) is 10.6 Å². The molecule has 6 nitrogen and oxygen atoms in total. The number of aryl methyl sites for hydroxylation is 1. The van der Waals surface area contributed by atoms with Crippen LogP contribution in [0.15, 0.2) is 68.7 Å². The molecular weight excluding hydrogens is 437 g/mol. The average Bonchev–Trinajstić information content (AvgIpc) is 3.38. The van der Waals surface area contributed by atoms with E-state index in [0.717, 1.165) is 36.0 Å². The van der Waals surface area contributed by atoms with E-state index in [1.165, 1.54) is 23.5 Å². The number of anilines is 1. The van der Waals surface area contributed by atoms with Crippen molar-refractivity contribution in [3.63, 3.8) is 0 Å². The molecule has 0 saturated carbocycles. The highest BCUT2D eigenvalue weighted by Crippen LogP contribution is 2.22. The minimum absolute atomic E-state index is 0.267. The zero-order chi connectivity index (χ0) is 21.8. The summed E-state index contributed by atoms with van der Waals surface area (Å²) < 4.78 is 45.9. The molecule has 1 N–H and O–H groups in total. The zero-order valence-corrected chi connectivity index (χ0v) is 18.5. The molecule has 0 amide bonds. The Hall–Kier alpha value is -2.75. The largest absolute Gasteiger partial charge is 0.356 e. The third-order valence-corrected chi connectivity index (χ3v) is 7.11. The number of nitrogens with one attached hydrogen (secondary N) is 1. The van der Waals surface area contributed by atoms with Gasteiger partial charge < -0.3 is 9.42 Å². The van der Waals surface area contributed by atoms with Crippen molar-refractivity contribution in [3.8, 4) is 0 Å². The van der Waals surface area contributed by atoms with E-state index in [0.29, 0.717) is 17.8 Å². The van der Waals surface area contributed by atoms with Gasteiger partial charge in [-0.3, -0.25) is 4.72 Å². The van der Waals surface area contributed by atoms with Gasteiger partial charge in [-0.1, -0.05) is 17.3 Å². The monoisotopic (exact) mass is 459 g/mol. The second-order valence-electron chi connectivity index (χ2n) is 7.38. The van der Waals surface area contributed by atoms with Crippen molar-refractivity contribution in [3.05, 3.63) is 76.4 Å². The van der Waals surface area contributed by atoms with Crippen LogP contribution >= 0.6 is 11.3 Å². The summed E-state index contributed by atoms with van der Waals surface area (Å²) >= 11 is 1.34. The Morgan fingerprint density at radius 2 is 2.06 bits per heavy atom. The number of halogens is 1. The van der Waals surface area contributed by atoms with Gasteiger partial charge in [-0.05, 0) is 67.7 Å². The first kappa shape index (κ1) is 21.5. The molecule has 0 aliphatic rings. The van der Waals surface area contributed by atoms with Crippen molar-refractivity contribution in [1.82, 2.24) is 10.1 Å². The lowest BCUT2D eigenvalue weighted by molar-refractivity contribution is 0.320. The maximum atomic E-state index is 13.3. The van der Waals surface area contributed by atoms with Crippen molar-refractivity contribution in [2.45, 2.75) is 24.3 Å². The smallest absolute Gasteiger partial charge is 0.262 e. The van der Waals surface area contributed by atoms with Crippen LogP contribution in [0, 0.1) is 5.82 Å². The molecule has 0 aliphatic heterocycles. The Labute approximate surface area is 184 Å². The summed E-state index contributed by atoms with van der Waals surface area (Å²) in [6.45, 7) is 1.50. The lowest BCUT2D eigenvalue weighted by Gasteiger charge is -2.17. The van der Waals surface area contributed by atoms with E-state index >= 15 is 0 Å². The molecule has 9 heteroatoms. The van der Waals surface area contributed by atoms with E-state index in [9.17, 15) is 12.8 Å². The molecule has 162 valence electrons. The standard InChI is InChI=1S/C22H22FN3O3S2/c1-26(10-3-6-21-20-8-7-17(23)13-22(20)29-24-21)14-16-4-2-5-18(12-16)25-31(27,28)19-9-11-30-15-19/h2,4-5,7-9,11-13,15,25H,3,6,10,14H2,1H3. The second kappa shape index (κ2) is 9.17. The van der Waals surface area contributed by atoms with Crippen LogP contribution in [0.5, 0.6) is 0 Å². The van der Waals surface area contributed by atoms with Crippen LogP contribution in [0.2, 0.25) is 0 Å². The Morgan fingerprint density at radius 3 is 2.87 bits per heavy atom. The lowest BCUT2D eigenvalue weighted by Crippen LogP contribution is -2.20. The molecule has 0 atom stereocenters. The Bertz CT molecular complexity index is 1270. The minimum atomic E-state index is -3.57. The molecule has 2 aromatic carbocycles. The van der Waals surface area contributed by atoms with E-state index in [4.69, 9.17) is 4.52 Å². The Balaban J connectivity index is 1.32. The maximum absolute atomic E-state index is 13.3. The number of aromatic nitrogens is 1. The minimum Gasteiger partial charge on any atom is -0.356 e. The molecule has 0 saturated heterocycles. The average molecular weight is 460 g/mol. The number of nitrogens with zero attached hydrogens (tertiary/aromatic N) is 2. The molecule has 4 rings (SSSR count). The highest BCUT2D eigenvalue weighted by atomic mass is 32.2. The number of rotatable bonds is 9. The molecule has 0 spiro atoms. The summed E-state index contributed by atoms with van der Waals surface area (Å²) in [5, 5.41) is 8.24. The van der Waals surface area contributed by atoms with Crippen LogP contribution in [-0.4, -0.2) is 32.1 Å². The third kappa shape index (κ3) is 5.30. The summed E-state index contributed by atoms with van der Waals surface area (Å²) in [5.74, 6) is -0.338. The van der Waals surface area contributed by atoms with Gasteiger partial charge in [0.15, 0.2) is 5.58 Å². The second-order valence-corrected chi connectivity index (χ2v) is 9.84. The number of hydrogen-bond donors (Lipinski definition) is 1. The van der Waals surface area contributed by atoms with E-state index in [1.807, 2.05) is 25.2 Å². The number of fused-ring (bicyclic) bond motifs is 1. The van der Waals surface area contributed by atoms with Gasteiger partial charge in [0, 0.05) is 29.1 Å². The number of benzene rings is 2. The van der Waals surface area contributed by atoms with Crippen molar-refractivity contribution >= 4 is 38.0 Å². The van der Waals surface area contributed by atoms with Gasteiger partial charge in [0.25, 0.3) is 10.0 Å². The van der Waals surface area contributed by atoms with Crippen LogP contribution in [-0.2, 0) is 23.0 Å². The van der Waals surface area contributed by atoms with Crippen LogP contribution in [0.1, 0.15) is 17.7 Å². The van der Waals surface area contributed by atoms with Crippen LogP contribution < -0.4 is 4.72 Å². The number of thiophene rings is 1. The predicted octanol–water partition coefficient (Wildman–Crippen LogP) is 4.89. The molecule has 0 radical (unpaired) electrons. The normalized spacial score (nSPS) is 12.0. The zero-order valence-electron chi connectivity index (χ0n) is 16.9. The molecular formula is C22H22FN3O3S2. The van der Waals surface area contributed by atoms with Crippen molar-refractivity contribution in [2.24, 2.45) is 0 Å². The van der Waals surface area contributed by atoms with Gasteiger partial charge in [-0.15, -0.1) is 0 Å². The topological polar surface area (TPSA) is 75.4 Å². The molecule has 2 heterocycles. The number of hydrogen-bond acceptors (Lipinski definition) is 6. The number of sulfonamides is 1. The maximum Gasteiger partial charge on any atom is 0.262 e. The van der Waals surface area contributed by atoms with Crippen LogP contribution in [0.3, 0.4) is 0 Å². The third-order valence-electron chi connectivity index (χ3n) is 4.90. The fraction of sp³-hybridized carbons (Fsp3) is 0.227. The van der Waals surface area contributed by atoms with Crippen molar-refractivity contribution < 1.29 is 17.3 Å². The lowest BCUT2D eigenvalue weighted by atomic mass is 10.1. The summed E-state index contributed by atoms with van der Waals surface area (Å²) in [6.07, 6.45) is 1.59. The molecule has 2 aromatic heterocycles. The van der Waals surface area contributed by atoms with E-state index < -0.39 is 10.0 Å².